The molecule has 2 aromatic heterocycles. The van der Waals surface area contributed by atoms with Crippen molar-refractivity contribution in [3.63, 3.8) is 0 Å². The number of hydrogen-bond acceptors (Lipinski definition) is 3. The minimum Gasteiger partial charge on any atom is -0.302 e. The Morgan fingerprint density at radius 3 is 3.19 bits per heavy atom. The van der Waals surface area contributed by atoms with Crippen LogP contribution in [0, 0.1) is 0 Å². The van der Waals surface area contributed by atoms with E-state index in [0.29, 0.717) is 0 Å². The van der Waals surface area contributed by atoms with Gasteiger partial charge in [-0.2, -0.15) is 5.10 Å². The molecule has 0 fully saturated rings. The molecule has 1 N–H and O–H groups in total. The van der Waals surface area contributed by atoms with Gasteiger partial charge in [-0.15, -0.1) is 0 Å². The molecule has 0 aromatic carbocycles. The van der Waals surface area contributed by atoms with Crippen LogP contribution in [0.5, 0.6) is 0 Å². The second kappa shape index (κ2) is 3.72. The summed E-state index contributed by atoms with van der Waals surface area (Å²) in [7, 11) is 2.14. The van der Waals surface area contributed by atoms with Crippen molar-refractivity contribution >= 4 is 0 Å². The highest BCUT2D eigenvalue weighted by Gasteiger charge is 2.20. The minimum atomic E-state index is 0.968. The predicted octanol–water partition coefficient (Wildman–Crippen LogP) is 1.46. The van der Waals surface area contributed by atoms with Crippen LogP contribution in [0.3, 0.4) is 0 Å². The highest BCUT2D eigenvalue weighted by molar-refractivity contribution is 5.63. The van der Waals surface area contributed by atoms with Crippen LogP contribution in [0.1, 0.15) is 11.3 Å². The SMILES string of the molecule is CN1CCc2[nH]nc(-c3cccnc3)c2C1. The van der Waals surface area contributed by atoms with Crippen molar-refractivity contribution in [2.75, 3.05) is 13.6 Å². The molecule has 0 aliphatic carbocycles. The molecule has 2 aromatic rings. The fraction of sp³-hybridized carbons (Fsp3) is 0.333. The Balaban J connectivity index is 2.07. The average Bonchev–Trinajstić information content (AvgIpc) is 2.73. The smallest absolute Gasteiger partial charge is 0.0984 e. The van der Waals surface area contributed by atoms with Crippen LogP contribution in [0.4, 0.5) is 0 Å². The largest absolute Gasteiger partial charge is 0.302 e. The maximum atomic E-state index is 4.41. The van der Waals surface area contributed by atoms with Crippen molar-refractivity contribution in [1.82, 2.24) is 20.1 Å². The number of nitrogens with one attached hydrogen (secondary N) is 1. The third-order valence-corrected chi connectivity index (χ3v) is 3.06. The summed E-state index contributed by atoms with van der Waals surface area (Å²) < 4.78 is 0. The highest BCUT2D eigenvalue weighted by Crippen LogP contribution is 2.26. The van der Waals surface area contributed by atoms with Crippen molar-refractivity contribution in [2.45, 2.75) is 13.0 Å². The first-order valence-corrected chi connectivity index (χ1v) is 5.49. The summed E-state index contributed by atoms with van der Waals surface area (Å²) in [6, 6.07) is 4.00. The first-order valence-electron chi connectivity index (χ1n) is 5.49. The van der Waals surface area contributed by atoms with Gasteiger partial charge in [-0.3, -0.25) is 10.1 Å². The molecule has 3 heterocycles. The van der Waals surface area contributed by atoms with E-state index in [0.717, 1.165) is 30.8 Å². The summed E-state index contributed by atoms with van der Waals surface area (Å²) in [5, 5.41) is 7.55. The number of hydrogen-bond donors (Lipinski definition) is 1. The molecule has 0 amide bonds. The van der Waals surface area contributed by atoms with Gasteiger partial charge in [-0.25, -0.2) is 0 Å². The Labute approximate surface area is 94.3 Å². The zero-order valence-electron chi connectivity index (χ0n) is 9.27. The van der Waals surface area contributed by atoms with Crippen molar-refractivity contribution < 1.29 is 0 Å². The van der Waals surface area contributed by atoms with E-state index >= 15 is 0 Å². The summed E-state index contributed by atoms with van der Waals surface area (Å²) in [6.07, 6.45) is 4.71. The normalized spacial score (nSPS) is 16.1. The summed E-state index contributed by atoms with van der Waals surface area (Å²) >= 11 is 0. The van der Waals surface area contributed by atoms with Crippen molar-refractivity contribution in [1.29, 1.82) is 0 Å². The Bertz CT molecular complexity index is 489. The first-order chi connectivity index (χ1) is 7.84. The lowest BCUT2D eigenvalue weighted by atomic mass is 10.0. The summed E-state index contributed by atoms with van der Waals surface area (Å²) in [4.78, 5) is 6.46. The molecule has 4 nitrogen and oxygen atoms in total. The third-order valence-electron chi connectivity index (χ3n) is 3.06. The van der Waals surface area contributed by atoms with Crippen LogP contribution in [0.25, 0.3) is 11.3 Å². The van der Waals surface area contributed by atoms with Gasteiger partial charge in [-0.05, 0) is 19.2 Å². The lowest BCUT2D eigenvalue weighted by molar-refractivity contribution is 0.312. The molecule has 0 saturated carbocycles. The van der Waals surface area contributed by atoms with E-state index in [9.17, 15) is 0 Å². The molecular weight excluding hydrogens is 200 g/mol. The Hall–Kier alpha value is -1.68. The predicted molar refractivity (Wildman–Crippen MR) is 61.9 cm³/mol. The molecule has 4 heteroatoms. The number of nitrogens with zero attached hydrogens (tertiary/aromatic N) is 3. The van der Waals surface area contributed by atoms with Gasteiger partial charge < -0.3 is 4.90 Å². The van der Waals surface area contributed by atoms with Crippen LogP contribution in [-0.2, 0) is 13.0 Å². The Morgan fingerprint density at radius 1 is 1.44 bits per heavy atom. The molecule has 0 radical (unpaired) electrons. The van der Waals surface area contributed by atoms with E-state index in [1.54, 1.807) is 6.20 Å². The third kappa shape index (κ3) is 1.51. The zero-order chi connectivity index (χ0) is 11.0. The molecule has 0 spiro atoms. The molecule has 16 heavy (non-hydrogen) atoms. The van der Waals surface area contributed by atoms with Gasteiger partial charge in [0.15, 0.2) is 0 Å². The molecule has 0 bridgehead atoms. The van der Waals surface area contributed by atoms with E-state index in [2.05, 4.69) is 33.2 Å². The van der Waals surface area contributed by atoms with E-state index in [4.69, 9.17) is 0 Å². The fourth-order valence-corrected chi connectivity index (χ4v) is 2.17. The van der Waals surface area contributed by atoms with Crippen LogP contribution in [0.15, 0.2) is 24.5 Å². The zero-order valence-corrected chi connectivity index (χ0v) is 9.27. The average molecular weight is 214 g/mol. The van der Waals surface area contributed by atoms with Crippen molar-refractivity contribution in [2.24, 2.45) is 0 Å². The second-order valence-corrected chi connectivity index (χ2v) is 4.26. The van der Waals surface area contributed by atoms with Gasteiger partial charge in [0.1, 0.15) is 0 Å². The van der Waals surface area contributed by atoms with E-state index < -0.39 is 0 Å². The standard InChI is InChI=1S/C12H14N4/c1-16-6-4-11-10(8-16)12(15-14-11)9-3-2-5-13-7-9/h2-3,5,7H,4,6,8H2,1H3,(H,14,15). The second-order valence-electron chi connectivity index (χ2n) is 4.26. The number of aromatic nitrogens is 3. The van der Waals surface area contributed by atoms with Gasteiger partial charge in [-0.1, -0.05) is 0 Å². The maximum Gasteiger partial charge on any atom is 0.0984 e. The number of rotatable bonds is 1. The van der Waals surface area contributed by atoms with Crippen LogP contribution >= 0.6 is 0 Å². The summed E-state index contributed by atoms with van der Waals surface area (Å²) in [5.74, 6) is 0. The number of aromatic amines is 1. The minimum absolute atomic E-state index is 0.968. The molecule has 3 rings (SSSR count). The van der Waals surface area contributed by atoms with E-state index in [1.807, 2.05) is 12.3 Å². The summed E-state index contributed by atoms with van der Waals surface area (Å²) in [6.45, 7) is 2.07. The highest BCUT2D eigenvalue weighted by atomic mass is 15.2. The molecule has 1 aliphatic rings. The van der Waals surface area contributed by atoms with Crippen LogP contribution in [0.2, 0.25) is 0 Å². The lowest BCUT2D eigenvalue weighted by Crippen LogP contribution is -2.26. The van der Waals surface area contributed by atoms with Crippen LogP contribution in [-0.4, -0.2) is 33.7 Å². The molecule has 0 atom stereocenters. The van der Waals surface area contributed by atoms with Crippen LogP contribution < -0.4 is 0 Å². The van der Waals surface area contributed by atoms with Gasteiger partial charge in [0, 0.05) is 48.7 Å². The van der Waals surface area contributed by atoms with Crippen molar-refractivity contribution in [3.05, 3.63) is 35.8 Å². The monoisotopic (exact) mass is 214 g/mol. The van der Waals surface area contributed by atoms with E-state index in [1.165, 1.54) is 11.3 Å². The summed E-state index contributed by atoms with van der Waals surface area (Å²) in [5.41, 5.74) is 4.74. The number of likely N-dealkylation sites (N-methyl/N-ethyl adjacent to an activating group) is 1. The van der Waals surface area contributed by atoms with Gasteiger partial charge in [0.25, 0.3) is 0 Å². The number of pyridine rings is 1. The first kappa shape index (κ1) is 9.54. The van der Waals surface area contributed by atoms with Gasteiger partial charge >= 0.3 is 0 Å². The maximum absolute atomic E-state index is 4.41. The quantitative estimate of drug-likeness (QED) is 0.781. The number of fused-ring (bicyclic) bond motifs is 1. The molecule has 0 saturated heterocycles. The molecule has 1 aliphatic heterocycles. The van der Waals surface area contributed by atoms with Crippen molar-refractivity contribution in [3.8, 4) is 11.3 Å². The van der Waals surface area contributed by atoms with E-state index in [-0.39, 0.29) is 0 Å². The molecule has 0 unspecified atom stereocenters. The fourth-order valence-electron chi connectivity index (χ4n) is 2.17. The topological polar surface area (TPSA) is 44.8 Å². The molecule has 82 valence electrons. The Morgan fingerprint density at radius 2 is 2.38 bits per heavy atom. The number of H-pyrrole nitrogens is 1. The Kier molecular flexibility index (Phi) is 2.22. The van der Waals surface area contributed by atoms with Gasteiger partial charge in [0.2, 0.25) is 0 Å². The molecular formula is C12H14N4. The van der Waals surface area contributed by atoms with Gasteiger partial charge in [0.05, 0.1) is 5.69 Å². The lowest BCUT2D eigenvalue weighted by Gasteiger charge is -2.22.